The van der Waals surface area contributed by atoms with E-state index >= 15 is 0 Å². The van der Waals surface area contributed by atoms with Gasteiger partial charge in [0.15, 0.2) is 5.82 Å². The van der Waals surface area contributed by atoms with Crippen molar-refractivity contribution in [2.75, 3.05) is 36.0 Å². The number of anilines is 2. The number of aromatic nitrogens is 4. The molecular weight excluding hydrogens is 433 g/mol. The van der Waals surface area contributed by atoms with E-state index in [0.29, 0.717) is 29.3 Å². The molecule has 174 valence electrons. The lowest BCUT2D eigenvalue weighted by Crippen LogP contribution is -2.49. The minimum Gasteiger partial charge on any atom is -0.477 e. The molecule has 11 nitrogen and oxygen atoms in total. The van der Waals surface area contributed by atoms with E-state index in [0.717, 1.165) is 12.6 Å². The molecule has 2 amide bonds. The smallest absolute Gasteiger partial charge is 0.419 e. The Balaban J connectivity index is 1.73. The van der Waals surface area contributed by atoms with Crippen molar-refractivity contribution in [1.82, 2.24) is 25.1 Å². The lowest BCUT2D eigenvalue weighted by atomic mass is 10.2. The number of fused-ring (bicyclic) bond motifs is 1. The second-order valence-electron chi connectivity index (χ2n) is 7.71. The van der Waals surface area contributed by atoms with Crippen LogP contribution in [0.1, 0.15) is 24.2 Å². The molecule has 3 heterocycles. The zero-order valence-electron chi connectivity index (χ0n) is 18.4. The third-order valence-electron chi connectivity index (χ3n) is 5.22. The summed E-state index contributed by atoms with van der Waals surface area (Å²) >= 11 is 0. The second kappa shape index (κ2) is 8.98. The highest BCUT2D eigenvalue weighted by molar-refractivity contribution is 6.20. The number of carbonyl (C=O) groups is 2. The summed E-state index contributed by atoms with van der Waals surface area (Å²) in [4.78, 5) is 36.4. The first-order valence-corrected chi connectivity index (χ1v) is 10.5. The predicted octanol–water partition coefficient (Wildman–Crippen LogP) is 2.02. The fourth-order valence-electron chi connectivity index (χ4n) is 3.78. The number of carboxylic acid groups (broad SMARTS) is 1. The molecule has 0 bridgehead atoms. The van der Waals surface area contributed by atoms with Crippen LogP contribution < -0.4 is 19.9 Å². The van der Waals surface area contributed by atoms with Crippen LogP contribution >= 0.6 is 0 Å². The van der Waals surface area contributed by atoms with Crippen LogP contribution in [0, 0.1) is 5.82 Å². The summed E-state index contributed by atoms with van der Waals surface area (Å²) in [6, 6.07) is 2.58. The van der Waals surface area contributed by atoms with Gasteiger partial charge in [-0.25, -0.2) is 19.1 Å². The first-order chi connectivity index (χ1) is 15.8. The van der Waals surface area contributed by atoms with Gasteiger partial charge in [-0.3, -0.25) is 9.48 Å². The molecule has 0 radical (unpaired) electrons. The van der Waals surface area contributed by atoms with Gasteiger partial charge < -0.3 is 20.1 Å². The highest BCUT2D eigenvalue weighted by Gasteiger charge is 2.30. The van der Waals surface area contributed by atoms with E-state index < -0.39 is 17.8 Å². The molecular formula is C21H24FN7O4. The van der Waals surface area contributed by atoms with Crippen molar-refractivity contribution < 1.29 is 23.8 Å². The van der Waals surface area contributed by atoms with Crippen molar-refractivity contribution in [2.24, 2.45) is 7.05 Å². The minimum absolute atomic E-state index is 0.0344. The van der Waals surface area contributed by atoms with Crippen LogP contribution in [0.15, 0.2) is 24.5 Å². The molecule has 12 heteroatoms. The molecule has 2 N–H and O–H groups in total. The number of ether oxygens (including phenoxy) is 1. The van der Waals surface area contributed by atoms with Crippen LogP contribution in [0.4, 0.5) is 20.8 Å². The van der Waals surface area contributed by atoms with Crippen molar-refractivity contribution >= 4 is 34.5 Å². The van der Waals surface area contributed by atoms with E-state index in [4.69, 9.17) is 4.74 Å². The van der Waals surface area contributed by atoms with Gasteiger partial charge in [-0.15, -0.1) is 0 Å². The number of amides is 2. The number of hydrogen-bond acceptors (Lipinski definition) is 8. The van der Waals surface area contributed by atoms with Crippen LogP contribution in [0.25, 0.3) is 10.9 Å². The molecule has 2 aromatic heterocycles. The molecule has 33 heavy (non-hydrogen) atoms. The average molecular weight is 457 g/mol. The Morgan fingerprint density at radius 1 is 1.39 bits per heavy atom. The lowest BCUT2D eigenvalue weighted by Gasteiger charge is -2.32. The molecule has 1 aliphatic rings. The number of benzene rings is 1. The number of halogens is 1. The molecule has 1 aromatic carbocycles. The summed E-state index contributed by atoms with van der Waals surface area (Å²) < 4.78 is 21.5. The average Bonchev–Trinajstić information content (AvgIpc) is 3.14. The van der Waals surface area contributed by atoms with E-state index in [1.807, 2.05) is 11.8 Å². The number of piperazine rings is 1. The number of imide groups is 1. The molecule has 0 spiro atoms. The minimum atomic E-state index is -1.58. The quantitative estimate of drug-likeness (QED) is 0.592. The van der Waals surface area contributed by atoms with Gasteiger partial charge in [-0.2, -0.15) is 10.1 Å². The van der Waals surface area contributed by atoms with E-state index in [1.54, 1.807) is 14.0 Å². The highest BCUT2D eigenvalue weighted by Crippen LogP contribution is 2.28. The summed E-state index contributed by atoms with van der Waals surface area (Å²) in [5.74, 6) is -1.35. The van der Waals surface area contributed by atoms with Gasteiger partial charge in [0.1, 0.15) is 11.1 Å². The maximum atomic E-state index is 14.6. The highest BCUT2D eigenvalue weighted by atomic mass is 19.1. The number of aryl methyl sites for hydroxylation is 1. The Morgan fingerprint density at radius 2 is 2.18 bits per heavy atom. The van der Waals surface area contributed by atoms with Crippen LogP contribution in [0.2, 0.25) is 0 Å². The number of carbonyl (C=O) groups excluding carboxylic acids is 1. The van der Waals surface area contributed by atoms with Gasteiger partial charge in [0.05, 0.1) is 12.3 Å². The van der Waals surface area contributed by atoms with Crippen molar-refractivity contribution in [3.8, 4) is 5.88 Å². The van der Waals surface area contributed by atoms with E-state index in [2.05, 4.69) is 20.4 Å². The molecule has 1 saturated heterocycles. The first-order valence-electron chi connectivity index (χ1n) is 10.5. The van der Waals surface area contributed by atoms with Crippen LogP contribution in [0.5, 0.6) is 5.88 Å². The summed E-state index contributed by atoms with van der Waals surface area (Å²) in [5.41, 5.74) is -0.224. The predicted molar refractivity (Wildman–Crippen MR) is 118 cm³/mol. The van der Waals surface area contributed by atoms with Crippen molar-refractivity contribution in [3.63, 3.8) is 0 Å². The fourth-order valence-corrected chi connectivity index (χ4v) is 3.78. The molecule has 1 fully saturated rings. The molecule has 0 unspecified atom stereocenters. The van der Waals surface area contributed by atoms with Gasteiger partial charge in [0.25, 0.3) is 5.91 Å². The van der Waals surface area contributed by atoms with E-state index in [1.165, 1.54) is 23.1 Å². The monoisotopic (exact) mass is 457 g/mol. The summed E-state index contributed by atoms with van der Waals surface area (Å²) in [6.07, 6.45) is 1.20. The molecule has 4 rings (SSSR count). The molecule has 0 saturated carbocycles. The maximum absolute atomic E-state index is 14.6. The first kappa shape index (κ1) is 22.4. The van der Waals surface area contributed by atoms with Gasteiger partial charge in [0.2, 0.25) is 11.8 Å². The van der Waals surface area contributed by atoms with Gasteiger partial charge in [-0.05, 0) is 19.9 Å². The zero-order chi connectivity index (χ0) is 23.7. The summed E-state index contributed by atoms with van der Waals surface area (Å²) in [7, 11) is 1.62. The van der Waals surface area contributed by atoms with Crippen LogP contribution in [0.3, 0.4) is 0 Å². The Hall–Kier alpha value is -3.80. The number of nitrogens with one attached hydrogen (secondary N) is 1. The Morgan fingerprint density at radius 3 is 2.88 bits per heavy atom. The number of rotatable bonds is 5. The molecule has 0 aliphatic carbocycles. The topological polar surface area (TPSA) is 126 Å². The van der Waals surface area contributed by atoms with Gasteiger partial charge >= 0.3 is 6.09 Å². The lowest BCUT2D eigenvalue weighted by molar-refractivity contribution is 0.0978. The summed E-state index contributed by atoms with van der Waals surface area (Å²) in [5, 5.41) is 17.5. The van der Waals surface area contributed by atoms with Crippen LogP contribution in [-0.2, 0) is 7.05 Å². The molecule has 1 aliphatic heterocycles. The second-order valence-corrected chi connectivity index (χ2v) is 7.71. The fraction of sp³-hybridized carbons (Fsp3) is 0.381. The molecule has 1 atom stereocenters. The Bertz CT molecular complexity index is 1210. The summed E-state index contributed by atoms with van der Waals surface area (Å²) in [6.45, 7) is 6.07. The van der Waals surface area contributed by atoms with E-state index in [9.17, 15) is 19.1 Å². The van der Waals surface area contributed by atoms with Crippen molar-refractivity contribution in [1.29, 1.82) is 0 Å². The Labute approximate surface area is 188 Å². The third kappa shape index (κ3) is 4.42. The third-order valence-corrected chi connectivity index (χ3v) is 5.22. The van der Waals surface area contributed by atoms with Crippen molar-refractivity contribution in [3.05, 3.63) is 35.9 Å². The number of hydrogen-bond donors (Lipinski definition) is 2. The zero-order valence-corrected chi connectivity index (χ0v) is 18.4. The van der Waals surface area contributed by atoms with Gasteiger partial charge in [-0.1, -0.05) is 0 Å². The largest absolute Gasteiger partial charge is 0.477 e. The molecule has 3 aromatic rings. The Kier molecular flexibility index (Phi) is 6.09. The van der Waals surface area contributed by atoms with Crippen molar-refractivity contribution in [2.45, 2.75) is 19.9 Å². The maximum Gasteiger partial charge on any atom is 0.419 e. The normalized spacial score (nSPS) is 16.1. The van der Waals surface area contributed by atoms with Crippen LogP contribution in [-0.4, -0.2) is 69.1 Å². The number of nitrogens with zero attached hydrogens (tertiary/aromatic N) is 6. The standard InChI is InChI=1S/C21H24FN7O4/c1-4-33-18-15(9-24-20(25-18)28-6-5-23-12(2)10-28)19(30)29(21(31)32)14-7-13-11-27(3)26-17(13)16(22)8-14/h7-9,11-12,23H,4-6,10H2,1-3H3,(H,31,32)/t12-/m1/s1. The van der Waals surface area contributed by atoms with Gasteiger partial charge in [0, 0.05) is 56.6 Å². The SMILES string of the molecule is CCOc1nc(N2CCN[C@H](C)C2)ncc1C(=O)N(C(=O)O)c1cc(F)c2nn(C)cc2c1. The van der Waals surface area contributed by atoms with E-state index in [-0.39, 0.29) is 35.3 Å².